The molecule has 2 aromatic carbocycles. The first-order chi connectivity index (χ1) is 17.8. The topological polar surface area (TPSA) is 152 Å². The van der Waals surface area contributed by atoms with Crippen molar-refractivity contribution in [3.8, 4) is 11.7 Å². The van der Waals surface area contributed by atoms with Crippen molar-refractivity contribution in [2.24, 2.45) is 0 Å². The summed E-state index contributed by atoms with van der Waals surface area (Å²) in [4.78, 5) is 33.1. The van der Waals surface area contributed by atoms with Crippen LogP contribution in [0.1, 0.15) is 34.2 Å². The summed E-state index contributed by atoms with van der Waals surface area (Å²) in [7, 11) is 0. The quantitative estimate of drug-likeness (QED) is 0.344. The zero-order chi connectivity index (χ0) is 26.2. The molecule has 37 heavy (non-hydrogen) atoms. The van der Waals surface area contributed by atoms with Crippen LogP contribution in [0.2, 0.25) is 0 Å². The van der Waals surface area contributed by atoms with Gasteiger partial charge in [0.25, 0.3) is 0 Å². The third-order valence-corrected chi connectivity index (χ3v) is 6.23. The highest BCUT2D eigenvalue weighted by molar-refractivity contribution is 5.78. The normalized spacial score (nSPS) is 17.2. The van der Waals surface area contributed by atoms with Crippen LogP contribution in [0.25, 0.3) is 5.69 Å². The summed E-state index contributed by atoms with van der Waals surface area (Å²) in [6, 6.07) is 18.0. The molecule has 0 fully saturated rings. The number of aliphatic carboxylic acids is 2. The highest BCUT2D eigenvalue weighted by atomic mass is 16.5. The van der Waals surface area contributed by atoms with Gasteiger partial charge in [-0.1, -0.05) is 48.5 Å². The Labute approximate surface area is 211 Å². The third-order valence-electron chi connectivity index (χ3n) is 6.23. The number of carbonyl (C=O) groups is 2. The van der Waals surface area contributed by atoms with Crippen LogP contribution in [-0.2, 0) is 28.1 Å². The molecular weight excluding hydrogens is 476 g/mol. The molecule has 4 aromatic rings. The zero-order valence-corrected chi connectivity index (χ0v) is 20.1. The highest BCUT2D eigenvalue weighted by Gasteiger charge is 2.51. The summed E-state index contributed by atoms with van der Waals surface area (Å²) in [6.45, 7) is 3.63. The van der Waals surface area contributed by atoms with Gasteiger partial charge in [0.05, 0.1) is 12.2 Å². The average molecular weight is 501 g/mol. The molecule has 0 bridgehead atoms. The van der Waals surface area contributed by atoms with Gasteiger partial charge < -0.3 is 14.9 Å². The minimum Gasteiger partial charge on any atom is -0.481 e. The largest absolute Gasteiger partial charge is 0.481 e. The van der Waals surface area contributed by atoms with Crippen LogP contribution >= 0.6 is 0 Å². The first-order valence-electron chi connectivity index (χ1n) is 11.6. The van der Waals surface area contributed by atoms with Crippen molar-refractivity contribution >= 4 is 11.9 Å². The molecule has 0 aliphatic carbocycles. The molecule has 2 unspecified atom stereocenters. The fraction of sp³-hybridized carbons (Fsp3) is 0.231. The maximum atomic E-state index is 13.0. The molecule has 0 saturated heterocycles. The molecule has 2 aromatic heterocycles. The van der Waals surface area contributed by atoms with E-state index in [4.69, 9.17) is 4.74 Å². The second-order valence-electron chi connectivity index (χ2n) is 8.75. The highest BCUT2D eigenvalue weighted by Crippen LogP contribution is 2.41. The fourth-order valence-corrected chi connectivity index (χ4v) is 4.83. The molecule has 188 valence electrons. The van der Waals surface area contributed by atoms with E-state index in [-0.39, 0.29) is 24.8 Å². The Morgan fingerprint density at radius 1 is 1.03 bits per heavy atom. The molecule has 0 radical (unpaired) electrons. The first-order valence-corrected chi connectivity index (χ1v) is 11.6. The number of carboxylic acid groups (broad SMARTS) is 2. The molecule has 0 spiro atoms. The van der Waals surface area contributed by atoms with E-state index in [2.05, 4.69) is 25.5 Å². The number of fused-ring (bicyclic) bond motifs is 3. The van der Waals surface area contributed by atoms with E-state index in [1.54, 1.807) is 48.7 Å². The lowest BCUT2D eigenvalue weighted by Crippen LogP contribution is -2.57. The Morgan fingerprint density at radius 3 is 2.38 bits per heavy atom. The number of nitrogens with zero attached hydrogens (tertiary/aromatic N) is 5. The zero-order valence-electron chi connectivity index (χ0n) is 20.1. The second kappa shape index (κ2) is 9.43. The van der Waals surface area contributed by atoms with Crippen molar-refractivity contribution in [1.29, 1.82) is 0 Å². The number of ether oxygens (including phenoxy) is 1. The molecule has 5 rings (SSSR count). The molecule has 3 N–H and O–H groups in total. The van der Waals surface area contributed by atoms with Crippen LogP contribution in [0, 0.1) is 13.8 Å². The summed E-state index contributed by atoms with van der Waals surface area (Å²) in [5, 5.41) is 31.7. The number of nitrogens with one attached hydrogen (secondary N) is 1. The van der Waals surface area contributed by atoms with Gasteiger partial charge in [-0.3, -0.25) is 14.7 Å². The van der Waals surface area contributed by atoms with Crippen LogP contribution in [0.3, 0.4) is 0 Å². The summed E-state index contributed by atoms with van der Waals surface area (Å²) in [5.41, 5.74) is 1.55. The van der Waals surface area contributed by atoms with Gasteiger partial charge in [0.15, 0.2) is 5.82 Å². The molecule has 3 heterocycles. The van der Waals surface area contributed by atoms with E-state index in [1.807, 2.05) is 30.3 Å². The van der Waals surface area contributed by atoms with E-state index in [0.717, 1.165) is 0 Å². The Hall–Kier alpha value is -4.64. The van der Waals surface area contributed by atoms with E-state index >= 15 is 0 Å². The number of aryl methyl sites for hydroxylation is 2. The Morgan fingerprint density at radius 2 is 1.70 bits per heavy atom. The van der Waals surface area contributed by atoms with E-state index in [0.29, 0.717) is 34.0 Å². The lowest BCUT2D eigenvalue weighted by molar-refractivity contribution is -0.149. The summed E-state index contributed by atoms with van der Waals surface area (Å²) in [5.74, 6) is -1.63. The van der Waals surface area contributed by atoms with E-state index < -0.39 is 23.6 Å². The number of carboxylic acids is 2. The molecule has 2 atom stereocenters. The Bertz CT molecular complexity index is 1470. The van der Waals surface area contributed by atoms with Crippen molar-refractivity contribution in [1.82, 2.24) is 30.0 Å². The number of hydrogen-bond donors (Lipinski definition) is 3. The number of para-hydroxylation sites is 1. The summed E-state index contributed by atoms with van der Waals surface area (Å²) < 4.78 is 7.75. The molecule has 11 nitrogen and oxygen atoms in total. The van der Waals surface area contributed by atoms with Gasteiger partial charge in [-0.05, 0) is 31.5 Å². The van der Waals surface area contributed by atoms with Crippen LogP contribution in [0.15, 0.2) is 60.7 Å². The van der Waals surface area contributed by atoms with Crippen LogP contribution in [0.5, 0.6) is 6.01 Å². The number of benzene rings is 2. The minimum atomic E-state index is -1.52. The lowest BCUT2D eigenvalue weighted by atomic mass is 9.77. The monoisotopic (exact) mass is 500 g/mol. The molecule has 11 heteroatoms. The average Bonchev–Trinajstić information content (AvgIpc) is 3.18. The number of hydrogen-bond acceptors (Lipinski definition) is 8. The lowest BCUT2D eigenvalue weighted by Gasteiger charge is -2.39. The number of aromatic nitrogens is 5. The maximum absolute atomic E-state index is 13.0. The first kappa shape index (κ1) is 24.1. The van der Waals surface area contributed by atoms with Gasteiger partial charge in [-0.2, -0.15) is 0 Å². The van der Waals surface area contributed by atoms with Crippen molar-refractivity contribution in [2.75, 3.05) is 0 Å². The minimum absolute atomic E-state index is 0.0605. The van der Waals surface area contributed by atoms with Gasteiger partial charge in [0.2, 0.25) is 6.10 Å². The third kappa shape index (κ3) is 4.29. The van der Waals surface area contributed by atoms with Crippen molar-refractivity contribution in [3.05, 3.63) is 94.8 Å². The summed E-state index contributed by atoms with van der Waals surface area (Å²) in [6.07, 6.45) is -1.87. The van der Waals surface area contributed by atoms with Gasteiger partial charge in [0.1, 0.15) is 17.8 Å². The molecule has 0 saturated carbocycles. The van der Waals surface area contributed by atoms with Crippen molar-refractivity contribution in [2.45, 2.75) is 38.5 Å². The predicted molar refractivity (Wildman–Crippen MR) is 130 cm³/mol. The smallest absolute Gasteiger partial charge is 0.347 e. The molecule has 1 aliphatic rings. The Balaban J connectivity index is 1.77. The maximum Gasteiger partial charge on any atom is 0.347 e. The van der Waals surface area contributed by atoms with Crippen molar-refractivity contribution < 1.29 is 24.5 Å². The molecule has 1 aliphatic heterocycles. The number of rotatable bonds is 7. The molecule has 0 amide bonds. The van der Waals surface area contributed by atoms with E-state index in [1.165, 1.54) is 0 Å². The van der Waals surface area contributed by atoms with Gasteiger partial charge in [-0.15, -0.1) is 10.2 Å². The predicted octanol–water partition coefficient (Wildman–Crippen LogP) is 2.18. The van der Waals surface area contributed by atoms with Gasteiger partial charge in [0, 0.05) is 17.0 Å². The van der Waals surface area contributed by atoms with Gasteiger partial charge in [-0.25, -0.2) is 14.8 Å². The second-order valence-corrected chi connectivity index (χ2v) is 8.75. The van der Waals surface area contributed by atoms with E-state index in [9.17, 15) is 19.8 Å². The SMILES string of the molecule is Cc1cc(C)nc(OC(C(=O)O)C2(c3ccccc3)NCc3nnc(CC(=O)O)n3-c3ccccc32)n1. The standard InChI is InChI=1S/C26H24N6O5/c1-15-12-16(2)29-25(28-15)37-23(24(35)36)26(17-8-4-3-5-9-17)18-10-6-7-11-19(18)32-20(13-22(33)34)30-31-21(32)14-27-26/h3-12,23,27H,13-14H2,1-2H3,(H,33,34)(H,35,36). The van der Waals surface area contributed by atoms with Crippen LogP contribution < -0.4 is 10.1 Å². The van der Waals surface area contributed by atoms with Crippen LogP contribution in [-0.4, -0.2) is 53.0 Å². The summed E-state index contributed by atoms with van der Waals surface area (Å²) >= 11 is 0. The molecular formula is C26H24N6O5. The van der Waals surface area contributed by atoms with Crippen LogP contribution in [0.4, 0.5) is 0 Å². The van der Waals surface area contributed by atoms with Gasteiger partial charge >= 0.3 is 17.9 Å². The van der Waals surface area contributed by atoms with Crippen molar-refractivity contribution in [3.63, 3.8) is 0 Å². The Kier molecular flexibility index (Phi) is 6.14. The fourth-order valence-electron chi connectivity index (χ4n) is 4.83.